The van der Waals surface area contributed by atoms with Crippen LogP contribution in [-0.4, -0.2) is 40.9 Å². The lowest BCUT2D eigenvalue weighted by atomic mass is 10.1. The van der Waals surface area contributed by atoms with Crippen LogP contribution in [0.4, 0.5) is 5.82 Å². The summed E-state index contributed by atoms with van der Waals surface area (Å²) in [7, 11) is 1.98. The molecule has 5 nitrogen and oxygen atoms in total. The van der Waals surface area contributed by atoms with Crippen LogP contribution < -0.4 is 10.2 Å². The largest absolute Gasteiger partial charge is 0.352 e. The summed E-state index contributed by atoms with van der Waals surface area (Å²) < 4.78 is 1.89. The van der Waals surface area contributed by atoms with Gasteiger partial charge < -0.3 is 10.2 Å². The Hall–Kier alpha value is -2.14. The number of aryl methyl sites for hydroxylation is 2. The van der Waals surface area contributed by atoms with E-state index in [1.165, 1.54) is 16.3 Å². The van der Waals surface area contributed by atoms with Crippen molar-refractivity contribution in [2.45, 2.75) is 6.92 Å². The van der Waals surface area contributed by atoms with Crippen LogP contribution in [-0.2, 0) is 7.05 Å². The van der Waals surface area contributed by atoms with Gasteiger partial charge in [0.05, 0.1) is 5.52 Å². The third kappa shape index (κ3) is 2.05. The molecule has 108 valence electrons. The van der Waals surface area contributed by atoms with Gasteiger partial charge in [-0.2, -0.15) is 5.10 Å². The lowest BCUT2D eigenvalue weighted by molar-refractivity contribution is 0.586. The molecule has 4 rings (SSSR count). The molecule has 0 bridgehead atoms. The maximum Gasteiger partial charge on any atom is 0.157 e. The van der Waals surface area contributed by atoms with Crippen LogP contribution in [0.25, 0.3) is 21.8 Å². The number of pyridine rings is 1. The first-order valence-electron chi connectivity index (χ1n) is 7.42. The highest BCUT2D eigenvalue weighted by Gasteiger charge is 2.19. The van der Waals surface area contributed by atoms with Crippen molar-refractivity contribution < 1.29 is 0 Å². The van der Waals surface area contributed by atoms with Gasteiger partial charge in [0.25, 0.3) is 0 Å². The molecule has 0 atom stereocenters. The van der Waals surface area contributed by atoms with Crippen molar-refractivity contribution in [3.05, 3.63) is 30.0 Å². The summed E-state index contributed by atoms with van der Waals surface area (Å²) in [5.41, 5.74) is 3.32. The van der Waals surface area contributed by atoms with E-state index in [-0.39, 0.29) is 0 Å². The van der Waals surface area contributed by atoms with E-state index < -0.39 is 0 Å². The fourth-order valence-electron chi connectivity index (χ4n) is 3.08. The first-order valence-corrected chi connectivity index (χ1v) is 7.42. The van der Waals surface area contributed by atoms with Gasteiger partial charge in [-0.3, -0.25) is 4.68 Å². The van der Waals surface area contributed by atoms with Crippen LogP contribution >= 0.6 is 0 Å². The molecule has 21 heavy (non-hydrogen) atoms. The Balaban J connectivity index is 2.02. The second kappa shape index (κ2) is 4.70. The number of aromatic nitrogens is 3. The molecular weight excluding hydrogens is 262 g/mol. The fourth-order valence-corrected chi connectivity index (χ4v) is 3.08. The van der Waals surface area contributed by atoms with Gasteiger partial charge in [0.15, 0.2) is 5.82 Å². The highest BCUT2D eigenvalue weighted by Crippen LogP contribution is 2.31. The third-order valence-corrected chi connectivity index (χ3v) is 4.13. The maximum atomic E-state index is 4.90. The first-order chi connectivity index (χ1) is 10.2. The van der Waals surface area contributed by atoms with Gasteiger partial charge in [0.2, 0.25) is 0 Å². The standard InChI is InChI=1S/C16H19N5/c1-11-3-4-14-12(9-11)13-10-20(2)19-15(13)16(18-14)21-7-5-17-6-8-21/h3-4,9-10,17H,5-8H2,1-2H3. The number of piperazine rings is 1. The summed E-state index contributed by atoms with van der Waals surface area (Å²) in [5.74, 6) is 1.02. The van der Waals surface area contributed by atoms with Crippen molar-refractivity contribution in [2.24, 2.45) is 7.05 Å². The van der Waals surface area contributed by atoms with E-state index in [1.54, 1.807) is 0 Å². The molecule has 0 aliphatic carbocycles. The van der Waals surface area contributed by atoms with E-state index in [0.717, 1.165) is 43.0 Å². The Bertz CT molecular complexity index is 814. The highest BCUT2D eigenvalue weighted by molar-refractivity contribution is 6.08. The first kappa shape index (κ1) is 12.6. The normalized spacial score (nSPS) is 16.0. The summed E-state index contributed by atoms with van der Waals surface area (Å²) in [4.78, 5) is 7.24. The van der Waals surface area contributed by atoms with E-state index in [9.17, 15) is 0 Å². The molecule has 1 saturated heterocycles. The van der Waals surface area contributed by atoms with Crippen LogP contribution in [0.15, 0.2) is 24.4 Å². The zero-order chi connectivity index (χ0) is 14.4. The summed E-state index contributed by atoms with van der Waals surface area (Å²) in [5, 5.41) is 10.4. The molecule has 1 aliphatic rings. The van der Waals surface area contributed by atoms with Crippen molar-refractivity contribution in [1.29, 1.82) is 0 Å². The zero-order valence-corrected chi connectivity index (χ0v) is 12.4. The molecule has 1 aliphatic heterocycles. The van der Waals surface area contributed by atoms with E-state index in [0.29, 0.717) is 0 Å². The number of fused-ring (bicyclic) bond motifs is 3. The van der Waals surface area contributed by atoms with Crippen molar-refractivity contribution in [1.82, 2.24) is 20.1 Å². The monoisotopic (exact) mass is 281 g/mol. The molecule has 2 aromatic heterocycles. The number of anilines is 1. The predicted molar refractivity (Wildman–Crippen MR) is 85.8 cm³/mol. The number of hydrogen-bond acceptors (Lipinski definition) is 4. The van der Waals surface area contributed by atoms with Gasteiger partial charge in [-0.15, -0.1) is 0 Å². The minimum Gasteiger partial charge on any atom is -0.352 e. The van der Waals surface area contributed by atoms with Crippen molar-refractivity contribution in [3.8, 4) is 0 Å². The topological polar surface area (TPSA) is 46.0 Å². The van der Waals surface area contributed by atoms with Gasteiger partial charge in [-0.05, 0) is 19.1 Å². The van der Waals surface area contributed by atoms with Crippen LogP contribution in [0.1, 0.15) is 5.56 Å². The van der Waals surface area contributed by atoms with Crippen molar-refractivity contribution in [3.63, 3.8) is 0 Å². The summed E-state index contributed by atoms with van der Waals surface area (Å²) >= 11 is 0. The van der Waals surface area contributed by atoms with Gasteiger partial charge in [0.1, 0.15) is 5.52 Å². The summed E-state index contributed by atoms with van der Waals surface area (Å²) in [6.07, 6.45) is 2.10. The van der Waals surface area contributed by atoms with Crippen LogP contribution in [0.5, 0.6) is 0 Å². The molecule has 3 heterocycles. The summed E-state index contributed by atoms with van der Waals surface area (Å²) in [6.45, 7) is 6.09. The molecule has 1 fully saturated rings. The Kier molecular flexibility index (Phi) is 2.82. The second-order valence-electron chi connectivity index (χ2n) is 5.76. The van der Waals surface area contributed by atoms with Crippen LogP contribution in [0.2, 0.25) is 0 Å². The number of hydrogen-bond donors (Lipinski definition) is 1. The van der Waals surface area contributed by atoms with Gasteiger partial charge in [-0.25, -0.2) is 4.98 Å². The quantitative estimate of drug-likeness (QED) is 0.739. The second-order valence-corrected chi connectivity index (χ2v) is 5.76. The molecule has 5 heteroatoms. The number of benzene rings is 1. The van der Waals surface area contributed by atoms with Gasteiger partial charge >= 0.3 is 0 Å². The van der Waals surface area contributed by atoms with E-state index in [4.69, 9.17) is 4.98 Å². The van der Waals surface area contributed by atoms with Gasteiger partial charge in [-0.1, -0.05) is 11.6 Å². The Morgan fingerprint density at radius 1 is 1.14 bits per heavy atom. The number of nitrogens with zero attached hydrogens (tertiary/aromatic N) is 4. The van der Waals surface area contributed by atoms with Crippen LogP contribution in [0, 0.1) is 6.92 Å². The van der Waals surface area contributed by atoms with E-state index in [1.807, 2.05) is 11.7 Å². The van der Waals surface area contributed by atoms with Crippen molar-refractivity contribution >= 4 is 27.6 Å². The molecule has 3 aromatic rings. The van der Waals surface area contributed by atoms with Crippen molar-refractivity contribution in [2.75, 3.05) is 31.1 Å². The Morgan fingerprint density at radius 2 is 1.95 bits per heavy atom. The van der Waals surface area contributed by atoms with E-state index >= 15 is 0 Å². The number of nitrogens with one attached hydrogen (secondary N) is 1. The smallest absolute Gasteiger partial charge is 0.157 e. The molecule has 0 amide bonds. The lowest BCUT2D eigenvalue weighted by Gasteiger charge is -2.28. The zero-order valence-electron chi connectivity index (χ0n) is 12.4. The molecule has 1 aromatic carbocycles. The maximum absolute atomic E-state index is 4.90. The Morgan fingerprint density at radius 3 is 2.76 bits per heavy atom. The molecule has 0 radical (unpaired) electrons. The molecule has 1 N–H and O–H groups in total. The summed E-state index contributed by atoms with van der Waals surface area (Å²) in [6, 6.07) is 6.44. The number of rotatable bonds is 1. The fraction of sp³-hybridized carbons (Fsp3) is 0.375. The minimum absolute atomic E-state index is 0.982. The van der Waals surface area contributed by atoms with E-state index in [2.05, 4.69) is 46.6 Å². The SMILES string of the molecule is Cc1ccc2nc(N3CCNCC3)c3nn(C)cc3c2c1. The Labute approximate surface area is 123 Å². The molecule has 0 saturated carbocycles. The minimum atomic E-state index is 0.982. The average Bonchev–Trinajstić information content (AvgIpc) is 2.89. The van der Waals surface area contributed by atoms with Crippen LogP contribution in [0.3, 0.4) is 0 Å². The molecule has 0 spiro atoms. The molecule has 0 unspecified atom stereocenters. The van der Waals surface area contributed by atoms with Gasteiger partial charge in [0, 0.05) is 50.2 Å². The average molecular weight is 281 g/mol. The molecular formula is C16H19N5. The predicted octanol–water partition coefficient (Wildman–Crippen LogP) is 1.84. The third-order valence-electron chi connectivity index (χ3n) is 4.13. The highest BCUT2D eigenvalue weighted by atomic mass is 15.3. The lowest BCUT2D eigenvalue weighted by Crippen LogP contribution is -2.44.